The van der Waals surface area contributed by atoms with Gasteiger partial charge in [0, 0.05) is 0 Å². The Morgan fingerprint density at radius 3 is 1.30 bits per heavy atom. The van der Waals surface area contributed by atoms with Crippen molar-refractivity contribution in [3.05, 3.63) is 0 Å². The molecule has 0 aliphatic carbocycles. The van der Waals surface area contributed by atoms with Crippen LogP contribution in [-0.4, -0.2) is 48.4 Å². The number of nitrogens with two attached hydrogens (primary N) is 1. The van der Waals surface area contributed by atoms with E-state index >= 15 is 0 Å². The monoisotopic (exact) mass is 615 g/mol. The van der Waals surface area contributed by atoms with Crippen LogP contribution in [0.2, 0.25) is 0 Å². The van der Waals surface area contributed by atoms with Crippen molar-refractivity contribution in [2.24, 2.45) is 5.73 Å². The van der Waals surface area contributed by atoms with Crippen LogP contribution in [0.3, 0.4) is 0 Å². The smallest absolute Gasteiger partial charge is 0.405 e. The number of ether oxygens (including phenoxy) is 2. The molecular weight excluding hydrogens is 544 g/mol. The SMILES string of the molecule is CCCCCCCCCCOC(=O)C(CCCCC)NC(=O)O.CCCCCCCCCCOC(=O)C(N)CCCCC. The minimum absolute atomic E-state index is 0.218. The molecule has 4 N–H and O–H groups in total. The molecule has 256 valence electrons. The zero-order valence-electron chi connectivity index (χ0n) is 28.6. The number of hydrogen-bond donors (Lipinski definition) is 3. The highest BCUT2D eigenvalue weighted by atomic mass is 16.5. The number of hydrogen-bond acceptors (Lipinski definition) is 6. The van der Waals surface area contributed by atoms with E-state index in [1.165, 1.54) is 77.0 Å². The maximum atomic E-state index is 11.9. The number of unbranched alkanes of at least 4 members (excludes halogenated alkanes) is 18. The van der Waals surface area contributed by atoms with Crippen LogP contribution in [0.15, 0.2) is 0 Å². The number of rotatable bonds is 29. The van der Waals surface area contributed by atoms with E-state index in [4.69, 9.17) is 20.3 Å². The van der Waals surface area contributed by atoms with Crippen molar-refractivity contribution < 1.29 is 29.0 Å². The van der Waals surface area contributed by atoms with E-state index in [0.717, 1.165) is 70.6 Å². The third kappa shape index (κ3) is 32.9. The molecule has 0 spiro atoms. The molecule has 0 heterocycles. The third-order valence-electron chi connectivity index (χ3n) is 7.58. The first kappa shape index (κ1) is 43.3. The molecule has 0 aliphatic heterocycles. The van der Waals surface area contributed by atoms with E-state index in [1.807, 2.05) is 0 Å². The van der Waals surface area contributed by atoms with Gasteiger partial charge in [0.2, 0.25) is 0 Å². The molecule has 1 amide bonds. The highest BCUT2D eigenvalue weighted by molar-refractivity contribution is 5.80. The van der Waals surface area contributed by atoms with Crippen LogP contribution in [0.4, 0.5) is 4.79 Å². The van der Waals surface area contributed by atoms with Crippen LogP contribution in [0.25, 0.3) is 0 Å². The second-order valence-electron chi connectivity index (χ2n) is 11.9. The number of esters is 2. The molecule has 0 aliphatic rings. The molecule has 0 aromatic heterocycles. The zero-order valence-corrected chi connectivity index (χ0v) is 28.6. The van der Waals surface area contributed by atoms with Crippen LogP contribution < -0.4 is 11.1 Å². The lowest BCUT2D eigenvalue weighted by molar-refractivity contribution is -0.146. The number of carbonyl (C=O) groups excluding carboxylic acids is 2. The molecule has 2 unspecified atom stereocenters. The largest absolute Gasteiger partial charge is 0.465 e. The standard InChI is InChI=1S/C18H35NO4.C17H35NO2/c1-3-5-7-8-9-10-11-13-15-23-17(20)16(19-18(21)22)14-12-6-4-2;1-3-5-7-8-9-10-11-13-15-20-17(19)16(18)14-12-6-4-2/h16,19H,3-15H2,1-2H3,(H,21,22);16H,3-15,18H2,1-2H3. The van der Waals surface area contributed by atoms with E-state index in [2.05, 4.69) is 33.0 Å². The topological polar surface area (TPSA) is 128 Å². The first-order valence-electron chi connectivity index (χ1n) is 17.9. The van der Waals surface area contributed by atoms with Crippen molar-refractivity contribution in [2.45, 2.75) is 194 Å². The fourth-order valence-electron chi connectivity index (χ4n) is 4.75. The van der Waals surface area contributed by atoms with Gasteiger partial charge in [-0.1, -0.05) is 156 Å². The Bertz CT molecular complexity index is 631. The summed E-state index contributed by atoms with van der Waals surface area (Å²) in [6, 6.07) is -1.15. The Labute approximate surface area is 265 Å². The van der Waals surface area contributed by atoms with Gasteiger partial charge in [-0.15, -0.1) is 0 Å². The van der Waals surface area contributed by atoms with Crippen LogP contribution in [0, 0.1) is 0 Å². The van der Waals surface area contributed by atoms with Crippen molar-refractivity contribution in [3.8, 4) is 0 Å². The van der Waals surface area contributed by atoms with Gasteiger partial charge in [-0.2, -0.15) is 0 Å². The summed E-state index contributed by atoms with van der Waals surface area (Å²) in [6.07, 6.45) is 25.8. The van der Waals surface area contributed by atoms with Gasteiger partial charge in [-0.05, 0) is 25.7 Å². The van der Waals surface area contributed by atoms with Gasteiger partial charge in [-0.3, -0.25) is 4.79 Å². The lowest BCUT2D eigenvalue weighted by atomic mass is 10.1. The average Bonchev–Trinajstić information content (AvgIpc) is 2.99. The molecule has 0 aromatic rings. The normalized spacial score (nSPS) is 12.1. The molecule has 0 rings (SSSR count). The molecule has 0 bridgehead atoms. The van der Waals surface area contributed by atoms with Gasteiger partial charge in [-0.25, -0.2) is 9.59 Å². The first-order chi connectivity index (χ1) is 20.8. The van der Waals surface area contributed by atoms with Crippen LogP contribution >= 0.6 is 0 Å². The van der Waals surface area contributed by atoms with Gasteiger partial charge in [0.05, 0.1) is 13.2 Å². The van der Waals surface area contributed by atoms with E-state index in [0.29, 0.717) is 19.6 Å². The molecular formula is C35H70N2O6. The highest BCUT2D eigenvalue weighted by Gasteiger charge is 2.21. The maximum Gasteiger partial charge on any atom is 0.405 e. The van der Waals surface area contributed by atoms with Crippen molar-refractivity contribution in [3.63, 3.8) is 0 Å². The summed E-state index contributed by atoms with van der Waals surface area (Å²) in [4.78, 5) is 34.3. The van der Waals surface area contributed by atoms with E-state index < -0.39 is 24.1 Å². The molecule has 8 nitrogen and oxygen atoms in total. The Kier molecular flexibility index (Phi) is 34.9. The number of nitrogens with one attached hydrogen (secondary N) is 1. The second kappa shape index (κ2) is 34.7. The van der Waals surface area contributed by atoms with Crippen molar-refractivity contribution in [2.75, 3.05) is 13.2 Å². The summed E-state index contributed by atoms with van der Waals surface area (Å²) in [7, 11) is 0. The summed E-state index contributed by atoms with van der Waals surface area (Å²) < 4.78 is 10.4. The summed E-state index contributed by atoms with van der Waals surface area (Å²) >= 11 is 0. The van der Waals surface area contributed by atoms with Crippen molar-refractivity contribution >= 4 is 18.0 Å². The van der Waals surface area contributed by atoms with Gasteiger partial charge in [0.15, 0.2) is 0 Å². The van der Waals surface area contributed by atoms with Gasteiger partial charge in [0.1, 0.15) is 12.1 Å². The first-order valence-corrected chi connectivity index (χ1v) is 17.9. The lowest BCUT2D eigenvalue weighted by Gasteiger charge is -2.15. The maximum absolute atomic E-state index is 11.9. The molecule has 2 atom stereocenters. The predicted molar refractivity (Wildman–Crippen MR) is 178 cm³/mol. The van der Waals surface area contributed by atoms with Crippen LogP contribution in [-0.2, 0) is 19.1 Å². The minimum atomic E-state index is -1.17. The molecule has 0 saturated carbocycles. The Morgan fingerprint density at radius 2 is 0.884 bits per heavy atom. The fourth-order valence-corrected chi connectivity index (χ4v) is 4.75. The fraction of sp³-hybridized carbons (Fsp3) is 0.914. The molecule has 43 heavy (non-hydrogen) atoms. The quantitative estimate of drug-likeness (QED) is 0.0565. The molecule has 0 radical (unpaired) electrons. The second-order valence-corrected chi connectivity index (χ2v) is 11.9. The summed E-state index contributed by atoms with van der Waals surface area (Å²) in [5.74, 6) is -0.657. The molecule has 0 saturated heterocycles. The Morgan fingerprint density at radius 1 is 0.535 bits per heavy atom. The lowest BCUT2D eigenvalue weighted by Crippen LogP contribution is -2.41. The zero-order chi connectivity index (χ0) is 32.4. The van der Waals surface area contributed by atoms with Gasteiger partial charge < -0.3 is 25.6 Å². The summed E-state index contributed by atoms with van der Waals surface area (Å²) in [5, 5.41) is 11.1. The number of carboxylic acid groups (broad SMARTS) is 1. The van der Waals surface area contributed by atoms with Crippen molar-refractivity contribution in [1.29, 1.82) is 0 Å². The summed E-state index contributed by atoms with van der Waals surface area (Å²) in [5.41, 5.74) is 5.79. The number of amides is 1. The Hall–Kier alpha value is -1.83. The molecule has 0 aromatic carbocycles. The summed E-state index contributed by atoms with van der Waals surface area (Å²) in [6.45, 7) is 9.59. The molecule has 8 heteroatoms. The van der Waals surface area contributed by atoms with Crippen LogP contribution in [0.1, 0.15) is 182 Å². The van der Waals surface area contributed by atoms with E-state index in [-0.39, 0.29) is 5.97 Å². The minimum Gasteiger partial charge on any atom is -0.465 e. The Balaban J connectivity index is 0. The van der Waals surface area contributed by atoms with Gasteiger partial charge in [0.25, 0.3) is 0 Å². The van der Waals surface area contributed by atoms with E-state index in [9.17, 15) is 14.4 Å². The highest BCUT2D eigenvalue weighted by Crippen LogP contribution is 2.11. The van der Waals surface area contributed by atoms with Crippen LogP contribution in [0.5, 0.6) is 0 Å². The average molecular weight is 615 g/mol. The predicted octanol–water partition coefficient (Wildman–Crippen LogP) is 9.46. The number of carbonyl (C=O) groups is 3. The van der Waals surface area contributed by atoms with E-state index in [1.54, 1.807) is 0 Å². The molecule has 0 fully saturated rings. The van der Waals surface area contributed by atoms with Crippen molar-refractivity contribution in [1.82, 2.24) is 5.32 Å². The third-order valence-corrected chi connectivity index (χ3v) is 7.58. The van der Waals surface area contributed by atoms with Gasteiger partial charge >= 0.3 is 18.0 Å².